The molecule has 0 amide bonds. The van der Waals surface area contributed by atoms with Crippen LogP contribution < -0.4 is 0 Å². The molecule has 0 aliphatic rings. The lowest BCUT2D eigenvalue weighted by molar-refractivity contribution is 0.0911. The summed E-state index contributed by atoms with van der Waals surface area (Å²) in [4.78, 5) is 8.28. The normalized spacial score (nSPS) is 13.1. The van der Waals surface area contributed by atoms with Gasteiger partial charge in [-0.1, -0.05) is 11.6 Å². The lowest BCUT2D eigenvalue weighted by atomic mass is 10.4. The summed E-state index contributed by atoms with van der Waals surface area (Å²) in [6.45, 7) is 3.31. The predicted molar refractivity (Wildman–Crippen MR) is 83.5 cm³/mol. The number of aromatic nitrogens is 3. The highest BCUT2D eigenvalue weighted by atomic mass is 35.5. The van der Waals surface area contributed by atoms with Gasteiger partial charge in [0, 0.05) is 11.4 Å². The second-order valence-electron chi connectivity index (χ2n) is 5.45. The van der Waals surface area contributed by atoms with Crippen molar-refractivity contribution in [2.24, 2.45) is 0 Å². The summed E-state index contributed by atoms with van der Waals surface area (Å²) in [6.07, 6.45) is 8.36. The van der Waals surface area contributed by atoms with Gasteiger partial charge in [0.2, 0.25) is 0 Å². The standard InChI is InChI=1S/C13H20ClN3OS/c1-10-7-11-12(14)15-8-16-13(11)17(10)9-18-5-6-19(2,3)4/h7-8H,5-6,9H2,1-4H3. The summed E-state index contributed by atoms with van der Waals surface area (Å²) in [5.41, 5.74) is 1.92. The molecule has 0 radical (unpaired) electrons. The molecule has 0 N–H and O–H groups in total. The Hall–Kier alpha value is -0.780. The molecule has 0 aliphatic carbocycles. The molecule has 0 saturated carbocycles. The molecule has 0 spiro atoms. The Bertz CT molecular complexity index is 577. The monoisotopic (exact) mass is 301 g/mol. The molecule has 0 atom stereocenters. The van der Waals surface area contributed by atoms with Gasteiger partial charge in [0.1, 0.15) is 23.9 Å². The highest BCUT2D eigenvalue weighted by Gasteiger charge is 2.10. The fraction of sp³-hybridized carbons (Fsp3) is 0.538. The van der Waals surface area contributed by atoms with Crippen LogP contribution in [0.2, 0.25) is 5.15 Å². The fourth-order valence-electron chi connectivity index (χ4n) is 1.79. The maximum absolute atomic E-state index is 6.06. The molecule has 0 aromatic carbocycles. The molecule has 2 rings (SSSR count). The van der Waals surface area contributed by atoms with Crippen LogP contribution in [0.4, 0.5) is 0 Å². The maximum Gasteiger partial charge on any atom is 0.146 e. The second kappa shape index (κ2) is 5.69. The number of rotatable bonds is 5. The predicted octanol–water partition coefficient (Wildman–Crippen LogP) is 3.06. The third-order valence-corrected chi connectivity index (χ3v) is 4.60. The Morgan fingerprint density at radius 1 is 1.32 bits per heavy atom. The van der Waals surface area contributed by atoms with Crippen LogP contribution in [0.1, 0.15) is 5.69 Å². The zero-order valence-corrected chi connectivity index (χ0v) is 13.4. The van der Waals surface area contributed by atoms with E-state index in [1.54, 1.807) is 0 Å². The lowest BCUT2D eigenvalue weighted by Gasteiger charge is -2.24. The molecular formula is C13H20ClN3OS. The van der Waals surface area contributed by atoms with Gasteiger partial charge < -0.3 is 9.30 Å². The number of hydrogen-bond donors (Lipinski definition) is 0. The van der Waals surface area contributed by atoms with Gasteiger partial charge in [0.15, 0.2) is 0 Å². The number of halogens is 1. The first kappa shape index (κ1) is 14.6. The summed E-state index contributed by atoms with van der Waals surface area (Å²) in [7, 11) is -0.506. The van der Waals surface area contributed by atoms with Gasteiger partial charge in [-0.05, 0) is 31.8 Å². The SMILES string of the molecule is Cc1cc2c(Cl)ncnc2n1COCCS(C)(C)C. The van der Waals surface area contributed by atoms with Crippen molar-refractivity contribution >= 4 is 32.7 Å². The van der Waals surface area contributed by atoms with Gasteiger partial charge in [0.05, 0.1) is 12.0 Å². The smallest absolute Gasteiger partial charge is 0.146 e. The van der Waals surface area contributed by atoms with E-state index >= 15 is 0 Å². The van der Waals surface area contributed by atoms with Gasteiger partial charge in [-0.2, -0.15) is 0 Å². The molecular weight excluding hydrogens is 282 g/mol. The van der Waals surface area contributed by atoms with E-state index in [1.807, 2.05) is 17.6 Å². The van der Waals surface area contributed by atoms with Crippen molar-refractivity contribution in [3.63, 3.8) is 0 Å². The fourth-order valence-corrected chi connectivity index (χ4v) is 2.59. The highest BCUT2D eigenvalue weighted by Crippen LogP contribution is 2.33. The Balaban J connectivity index is 2.09. The van der Waals surface area contributed by atoms with Crippen molar-refractivity contribution in [2.45, 2.75) is 13.7 Å². The minimum absolute atomic E-state index is 0.492. The zero-order valence-electron chi connectivity index (χ0n) is 11.8. The Kier molecular flexibility index (Phi) is 4.38. The summed E-state index contributed by atoms with van der Waals surface area (Å²) < 4.78 is 7.79. The van der Waals surface area contributed by atoms with Crippen molar-refractivity contribution in [3.8, 4) is 0 Å². The van der Waals surface area contributed by atoms with E-state index in [1.165, 1.54) is 6.33 Å². The van der Waals surface area contributed by atoms with Crippen LogP contribution in [0.5, 0.6) is 0 Å². The van der Waals surface area contributed by atoms with Crippen molar-refractivity contribution < 1.29 is 4.74 Å². The first-order valence-electron chi connectivity index (χ1n) is 6.08. The van der Waals surface area contributed by atoms with Gasteiger partial charge >= 0.3 is 0 Å². The quantitative estimate of drug-likeness (QED) is 0.629. The molecule has 0 saturated heterocycles. The van der Waals surface area contributed by atoms with Crippen molar-refractivity contribution in [3.05, 3.63) is 23.2 Å². The molecule has 106 valence electrons. The number of fused-ring (bicyclic) bond motifs is 1. The largest absolute Gasteiger partial charge is 0.360 e. The summed E-state index contributed by atoms with van der Waals surface area (Å²) >= 11 is 6.06. The first-order chi connectivity index (χ1) is 8.88. The molecule has 2 aromatic rings. The van der Waals surface area contributed by atoms with Gasteiger partial charge in [-0.25, -0.2) is 20.0 Å². The number of nitrogens with zero attached hydrogens (tertiary/aromatic N) is 3. The van der Waals surface area contributed by atoms with Crippen molar-refractivity contribution in [2.75, 3.05) is 31.1 Å². The van der Waals surface area contributed by atoms with Crippen LogP contribution in [0.3, 0.4) is 0 Å². The van der Waals surface area contributed by atoms with Crippen LogP contribution in [0, 0.1) is 6.92 Å². The minimum atomic E-state index is -0.506. The average Bonchev–Trinajstić information content (AvgIpc) is 2.62. The van der Waals surface area contributed by atoms with Gasteiger partial charge in [-0.15, -0.1) is 0 Å². The van der Waals surface area contributed by atoms with Crippen LogP contribution in [-0.2, 0) is 11.5 Å². The first-order valence-corrected chi connectivity index (χ1v) is 9.49. The van der Waals surface area contributed by atoms with Crippen molar-refractivity contribution in [1.82, 2.24) is 14.5 Å². The number of ether oxygens (including phenoxy) is 1. The Morgan fingerprint density at radius 3 is 2.74 bits per heavy atom. The Labute approximate surface area is 120 Å². The molecule has 0 fully saturated rings. The third kappa shape index (κ3) is 3.61. The van der Waals surface area contributed by atoms with Crippen LogP contribution >= 0.6 is 21.6 Å². The van der Waals surface area contributed by atoms with Crippen LogP contribution in [0.15, 0.2) is 12.4 Å². The van der Waals surface area contributed by atoms with E-state index in [0.29, 0.717) is 11.9 Å². The molecule has 4 nitrogen and oxygen atoms in total. The molecule has 19 heavy (non-hydrogen) atoms. The molecule has 0 unspecified atom stereocenters. The summed E-state index contributed by atoms with van der Waals surface area (Å²) in [5.74, 6) is 1.11. The third-order valence-electron chi connectivity index (χ3n) is 2.91. The van der Waals surface area contributed by atoms with E-state index in [0.717, 1.165) is 29.1 Å². The lowest BCUT2D eigenvalue weighted by Crippen LogP contribution is -2.11. The van der Waals surface area contributed by atoms with E-state index in [-0.39, 0.29) is 0 Å². The highest BCUT2D eigenvalue weighted by molar-refractivity contribution is 8.32. The average molecular weight is 302 g/mol. The minimum Gasteiger partial charge on any atom is -0.360 e. The van der Waals surface area contributed by atoms with Crippen LogP contribution in [-0.4, -0.2) is 45.7 Å². The summed E-state index contributed by atoms with van der Waals surface area (Å²) in [5, 5.41) is 1.37. The van der Waals surface area contributed by atoms with E-state index in [4.69, 9.17) is 16.3 Å². The summed E-state index contributed by atoms with van der Waals surface area (Å²) in [6, 6.07) is 2.00. The molecule has 0 aliphatic heterocycles. The van der Waals surface area contributed by atoms with E-state index < -0.39 is 10.0 Å². The second-order valence-corrected chi connectivity index (χ2v) is 10.4. The maximum atomic E-state index is 6.06. The van der Waals surface area contributed by atoms with Gasteiger partial charge in [0.25, 0.3) is 0 Å². The van der Waals surface area contributed by atoms with Gasteiger partial charge in [-0.3, -0.25) is 0 Å². The molecule has 2 heterocycles. The van der Waals surface area contributed by atoms with Crippen LogP contribution in [0.25, 0.3) is 11.0 Å². The molecule has 2 aromatic heterocycles. The molecule has 6 heteroatoms. The number of aryl methyl sites for hydroxylation is 1. The Morgan fingerprint density at radius 2 is 2.05 bits per heavy atom. The molecule has 0 bridgehead atoms. The zero-order chi connectivity index (χ0) is 14.0. The van der Waals surface area contributed by atoms with E-state index in [2.05, 4.69) is 28.7 Å². The topological polar surface area (TPSA) is 39.9 Å². The number of hydrogen-bond acceptors (Lipinski definition) is 3. The van der Waals surface area contributed by atoms with Crippen molar-refractivity contribution in [1.29, 1.82) is 0 Å². The van der Waals surface area contributed by atoms with E-state index in [9.17, 15) is 0 Å².